The van der Waals surface area contributed by atoms with Crippen LogP contribution in [0.25, 0.3) is 0 Å². The van der Waals surface area contributed by atoms with E-state index >= 15 is 0 Å². The normalized spacial score (nSPS) is 17.6. The van der Waals surface area contributed by atoms with E-state index in [1.54, 1.807) is 22.4 Å². The van der Waals surface area contributed by atoms with Gasteiger partial charge in [-0.1, -0.05) is 6.07 Å². The summed E-state index contributed by atoms with van der Waals surface area (Å²) in [6.07, 6.45) is 0.305. The van der Waals surface area contributed by atoms with Gasteiger partial charge in [0.2, 0.25) is 5.91 Å². The van der Waals surface area contributed by atoms with Crippen molar-refractivity contribution in [2.75, 3.05) is 32.1 Å². The quantitative estimate of drug-likeness (QED) is 0.783. The van der Waals surface area contributed by atoms with E-state index in [1.807, 2.05) is 0 Å². The molecule has 1 amide bonds. The third kappa shape index (κ3) is 3.28. The molecule has 8 heteroatoms. The van der Waals surface area contributed by atoms with Crippen LogP contribution in [0.4, 0.5) is 0 Å². The highest BCUT2D eigenvalue weighted by molar-refractivity contribution is 7.91. The lowest BCUT2D eigenvalue weighted by atomic mass is 10.3. The summed E-state index contributed by atoms with van der Waals surface area (Å²) < 4.78 is 26.3. The molecule has 0 aliphatic carbocycles. The zero-order chi connectivity index (χ0) is 13.9. The highest BCUT2D eigenvalue weighted by Crippen LogP contribution is 2.22. The summed E-state index contributed by atoms with van der Waals surface area (Å²) in [5, 5.41) is 1.74. The molecule has 1 fully saturated rings. The number of piperazine rings is 1. The van der Waals surface area contributed by atoms with E-state index in [2.05, 4.69) is 0 Å². The average Bonchev–Trinajstić information content (AvgIpc) is 2.94. The van der Waals surface area contributed by atoms with Gasteiger partial charge >= 0.3 is 0 Å². The summed E-state index contributed by atoms with van der Waals surface area (Å²) in [7, 11) is -3.39. The summed E-state index contributed by atoms with van der Waals surface area (Å²) in [5.41, 5.74) is 0. The molecule has 1 aliphatic rings. The number of alkyl halides is 1. The summed E-state index contributed by atoms with van der Waals surface area (Å²) >= 11 is 6.74. The molecule has 1 aromatic rings. The van der Waals surface area contributed by atoms with Gasteiger partial charge in [0.25, 0.3) is 10.0 Å². The zero-order valence-electron chi connectivity index (χ0n) is 10.3. The van der Waals surface area contributed by atoms with E-state index in [4.69, 9.17) is 11.6 Å². The molecule has 0 aromatic carbocycles. The van der Waals surface area contributed by atoms with Gasteiger partial charge in [-0.3, -0.25) is 4.79 Å². The Balaban J connectivity index is 1.99. The van der Waals surface area contributed by atoms with E-state index in [0.717, 1.165) is 0 Å². The Bertz CT molecular complexity index is 522. The molecular weight excluding hydrogens is 308 g/mol. The molecule has 5 nitrogen and oxygen atoms in total. The van der Waals surface area contributed by atoms with Crippen molar-refractivity contribution in [1.82, 2.24) is 9.21 Å². The van der Waals surface area contributed by atoms with Crippen LogP contribution in [-0.2, 0) is 14.8 Å². The predicted octanol–water partition coefficient (Wildman–Crippen LogP) is 1.21. The molecule has 19 heavy (non-hydrogen) atoms. The Labute approximate surface area is 121 Å². The first kappa shape index (κ1) is 14.8. The van der Waals surface area contributed by atoms with Gasteiger partial charge in [0.15, 0.2) is 0 Å². The third-order valence-corrected chi connectivity index (χ3v) is 6.45. The van der Waals surface area contributed by atoms with Crippen LogP contribution in [0.1, 0.15) is 6.42 Å². The molecule has 2 heterocycles. The number of hydrogen-bond acceptors (Lipinski definition) is 4. The number of amides is 1. The van der Waals surface area contributed by atoms with E-state index in [1.165, 1.54) is 15.6 Å². The smallest absolute Gasteiger partial charge is 0.252 e. The Morgan fingerprint density at radius 1 is 1.32 bits per heavy atom. The van der Waals surface area contributed by atoms with Crippen LogP contribution in [-0.4, -0.2) is 55.6 Å². The molecule has 0 spiro atoms. The summed E-state index contributed by atoms with van der Waals surface area (Å²) in [5.74, 6) is 0.287. The van der Waals surface area contributed by atoms with Crippen molar-refractivity contribution < 1.29 is 13.2 Å². The molecule has 0 N–H and O–H groups in total. The van der Waals surface area contributed by atoms with Gasteiger partial charge in [-0.25, -0.2) is 8.42 Å². The second-order valence-corrected chi connectivity index (χ2v) is 7.65. The van der Waals surface area contributed by atoms with Gasteiger partial charge in [-0.2, -0.15) is 4.31 Å². The number of halogens is 1. The maximum Gasteiger partial charge on any atom is 0.252 e. The Hall–Kier alpha value is -0.630. The first-order chi connectivity index (χ1) is 9.05. The average molecular weight is 323 g/mol. The maximum absolute atomic E-state index is 12.3. The summed E-state index contributed by atoms with van der Waals surface area (Å²) in [6.45, 7) is 1.54. The van der Waals surface area contributed by atoms with Gasteiger partial charge in [0, 0.05) is 38.5 Å². The van der Waals surface area contributed by atoms with Gasteiger partial charge in [-0.05, 0) is 11.4 Å². The van der Waals surface area contributed by atoms with Gasteiger partial charge in [0.1, 0.15) is 4.21 Å². The lowest BCUT2D eigenvalue weighted by Gasteiger charge is -2.33. The van der Waals surface area contributed by atoms with Crippen molar-refractivity contribution in [2.24, 2.45) is 0 Å². The van der Waals surface area contributed by atoms with Crippen molar-refractivity contribution in [2.45, 2.75) is 10.6 Å². The lowest BCUT2D eigenvalue weighted by molar-refractivity contribution is -0.131. The van der Waals surface area contributed by atoms with Crippen LogP contribution in [0.5, 0.6) is 0 Å². The van der Waals surface area contributed by atoms with Crippen LogP contribution >= 0.6 is 22.9 Å². The topological polar surface area (TPSA) is 57.7 Å². The minimum Gasteiger partial charge on any atom is -0.340 e. The van der Waals surface area contributed by atoms with Crippen molar-refractivity contribution in [1.29, 1.82) is 0 Å². The van der Waals surface area contributed by atoms with Crippen molar-refractivity contribution in [3.05, 3.63) is 17.5 Å². The SMILES string of the molecule is O=C(CCCl)N1CCN(S(=O)(=O)c2cccs2)CC1. The molecule has 0 radical (unpaired) electrons. The van der Waals surface area contributed by atoms with Crippen LogP contribution < -0.4 is 0 Å². The van der Waals surface area contributed by atoms with Gasteiger partial charge in [-0.15, -0.1) is 22.9 Å². The Morgan fingerprint density at radius 2 is 2.00 bits per heavy atom. The number of hydrogen-bond donors (Lipinski definition) is 0. The molecule has 106 valence electrons. The highest BCUT2D eigenvalue weighted by Gasteiger charge is 2.30. The van der Waals surface area contributed by atoms with Crippen molar-refractivity contribution in [3.8, 4) is 0 Å². The second-order valence-electron chi connectivity index (χ2n) is 4.16. The Kier molecular flexibility index (Phi) is 4.83. The second kappa shape index (κ2) is 6.21. The van der Waals surface area contributed by atoms with Crippen molar-refractivity contribution in [3.63, 3.8) is 0 Å². The fourth-order valence-corrected chi connectivity index (χ4v) is 4.68. The molecular formula is C11H15ClN2O3S2. The monoisotopic (exact) mass is 322 g/mol. The zero-order valence-corrected chi connectivity index (χ0v) is 12.7. The fourth-order valence-electron chi connectivity index (χ4n) is 1.95. The Morgan fingerprint density at radius 3 is 2.53 bits per heavy atom. The van der Waals surface area contributed by atoms with E-state index in [9.17, 15) is 13.2 Å². The standard InChI is InChI=1S/C11H15ClN2O3S2/c12-4-3-10(15)13-5-7-14(8-6-13)19(16,17)11-2-1-9-18-11/h1-2,9H,3-8H2. The predicted molar refractivity (Wildman–Crippen MR) is 75.0 cm³/mol. The number of thiophene rings is 1. The van der Waals surface area contributed by atoms with E-state index in [0.29, 0.717) is 42.7 Å². The molecule has 1 aliphatic heterocycles. The molecule has 0 atom stereocenters. The minimum absolute atomic E-state index is 0.0110. The van der Waals surface area contributed by atoms with Gasteiger partial charge < -0.3 is 4.90 Å². The van der Waals surface area contributed by atoms with Crippen molar-refractivity contribution >= 4 is 38.9 Å². The molecule has 0 saturated carbocycles. The minimum atomic E-state index is -3.39. The van der Waals surface area contributed by atoms with E-state index < -0.39 is 10.0 Å². The maximum atomic E-state index is 12.3. The van der Waals surface area contributed by atoms with Gasteiger partial charge in [0.05, 0.1) is 0 Å². The van der Waals surface area contributed by atoms with E-state index in [-0.39, 0.29) is 5.91 Å². The summed E-state index contributed by atoms with van der Waals surface area (Å²) in [4.78, 5) is 13.3. The number of carbonyl (C=O) groups excluding carboxylic acids is 1. The number of carbonyl (C=O) groups is 1. The molecule has 0 bridgehead atoms. The third-order valence-electron chi connectivity index (χ3n) is 2.99. The van der Waals surface area contributed by atoms with Crippen LogP contribution in [0, 0.1) is 0 Å². The lowest BCUT2D eigenvalue weighted by Crippen LogP contribution is -2.50. The molecule has 1 aromatic heterocycles. The first-order valence-electron chi connectivity index (χ1n) is 5.93. The summed E-state index contributed by atoms with van der Waals surface area (Å²) in [6, 6.07) is 3.32. The number of nitrogens with zero attached hydrogens (tertiary/aromatic N) is 2. The van der Waals surface area contributed by atoms with Crippen LogP contribution in [0.2, 0.25) is 0 Å². The highest BCUT2D eigenvalue weighted by atomic mass is 35.5. The molecule has 2 rings (SSSR count). The largest absolute Gasteiger partial charge is 0.340 e. The first-order valence-corrected chi connectivity index (χ1v) is 8.78. The number of rotatable bonds is 4. The fraction of sp³-hybridized carbons (Fsp3) is 0.545. The van der Waals surface area contributed by atoms with Crippen LogP contribution in [0.15, 0.2) is 21.7 Å². The van der Waals surface area contributed by atoms with Crippen LogP contribution in [0.3, 0.4) is 0 Å². The molecule has 1 saturated heterocycles. The number of sulfonamides is 1. The molecule has 0 unspecified atom stereocenters.